The summed E-state index contributed by atoms with van der Waals surface area (Å²) in [6.45, 7) is 0. The molecule has 0 aromatic heterocycles. The molecule has 1 unspecified atom stereocenters. The fourth-order valence-electron chi connectivity index (χ4n) is 2.89. The van der Waals surface area contributed by atoms with Crippen molar-refractivity contribution < 1.29 is 4.74 Å². The molecule has 1 aromatic rings. The van der Waals surface area contributed by atoms with Gasteiger partial charge in [0.15, 0.2) is 0 Å². The molecular weight excluding hydrogens is 290 g/mol. The maximum atomic E-state index is 6.30. The van der Waals surface area contributed by atoms with E-state index in [4.69, 9.17) is 10.5 Å². The summed E-state index contributed by atoms with van der Waals surface area (Å²) < 4.78 is 6.50. The summed E-state index contributed by atoms with van der Waals surface area (Å²) in [5, 5.41) is 0. The molecule has 2 rings (SSSR count). The second-order valence-corrected chi connectivity index (χ2v) is 6.12. The van der Waals surface area contributed by atoms with Gasteiger partial charge in [-0.05, 0) is 55.4 Å². The van der Waals surface area contributed by atoms with E-state index in [1.807, 2.05) is 12.1 Å². The molecule has 0 aliphatic heterocycles. The lowest BCUT2D eigenvalue weighted by molar-refractivity contribution is 0.394. The highest BCUT2D eigenvalue weighted by Gasteiger charge is 2.21. The van der Waals surface area contributed by atoms with E-state index in [0.29, 0.717) is 6.04 Å². The summed E-state index contributed by atoms with van der Waals surface area (Å²) >= 11 is 3.51. The Kier molecular flexibility index (Phi) is 5.07. The zero-order valence-electron chi connectivity index (χ0n) is 11.0. The minimum Gasteiger partial charge on any atom is -0.496 e. The van der Waals surface area contributed by atoms with Crippen molar-refractivity contribution in [3.8, 4) is 5.75 Å². The third-order valence-corrected chi connectivity index (χ3v) is 4.49. The Bertz CT molecular complexity index is 388. The van der Waals surface area contributed by atoms with Crippen molar-refractivity contribution in [1.82, 2.24) is 0 Å². The van der Waals surface area contributed by atoms with Gasteiger partial charge in [0, 0.05) is 10.5 Å². The van der Waals surface area contributed by atoms with E-state index in [-0.39, 0.29) is 0 Å². The third-order valence-electron chi connectivity index (χ3n) is 3.99. The summed E-state index contributed by atoms with van der Waals surface area (Å²) in [6.07, 6.45) is 7.41. The minimum absolute atomic E-state index is 0.344. The number of aryl methyl sites for hydroxylation is 1. The predicted octanol–water partition coefficient (Wildman–Crippen LogP) is 3.91. The molecule has 1 aromatic carbocycles. The highest BCUT2D eigenvalue weighted by Crippen LogP contribution is 2.30. The molecule has 0 radical (unpaired) electrons. The number of benzene rings is 1. The second kappa shape index (κ2) is 6.58. The van der Waals surface area contributed by atoms with Crippen LogP contribution in [-0.2, 0) is 6.42 Å². The van der Waals surface area contributed by atoms with Gasteiger partial charge in [0.05, 0.1) is 7.11 Å². The van der Waals surface area contributed by atoms with Crippen LogP contribution in [0, 0.1) is 5.92 Å². The Hall–Kier alpha value is -0.540. The van der Waals surface area contributed by atoms with Gasteiger partial charge in [-0.3, -0.25) is 0 Å². The van der Waals surface area contributed by atoms with Gasteiger partial charge in [0.25, 0.3) is 0 Å². The van der Waals surface area contributed by atoms with Crippen molar-refractivity contribution in [3.05, 3.63) is 28.2 Å². The van der Waals surface area contributed by atoms with Gasteiger partial charge in [-0.1, -0.05) is 28.8 Å². The van der Waals surface area contributed by atoms with E-state index in [9.17, 15) is 0 Å². The van der Waals surface area contributed by atoms with Gasteiger partial charge in [-0.15, -0.1) is 0 Å². The minimum atomic E-state index is 0.344. The summed E-state index contributed by atoms with van der Waals surface area (Å²) in [7, 11) is 1.73. The molecule has 18 heavy (non-hydrogen) atoms. The highest BCUT2D eigenvalue weighted by molar-refractivity contribution is 9.10. The van der Waals surface area contributed by atoms with Crippen molar-refractivity contribution in [2.75, 3.05) is 7.11 Å². The molecule has 2 nitrogen and oxygen atoms in total. The van der Waals surface area contributed by atoms with Gasteiger partial charge in [0.1, 0.15) is 5.75 Å². The largest absolute Gasteiger partial charge is 0.496 e. The Morgan fingerprint density at radius 1 is 1.39 bits per heavy atom. The van der Waals surface area contributed by atoms with Crippen LogP contribution in [0.1, 0.15) is 37.7 Å². The summed E-state index contributed by atoms with van der Waals surface area (Å²) in [5.74, 6) is 1.71. The molecule has 0 bridgehead atoms. The Morgan fingerprint density at radius 2 is 2.11 bits per heavy atom. The van der Waals surface area contributed by atoms with Crippen molar-refractivity contribution in [2.45, 2.75) is 44.6 Å². The molecule has 3 heteroatoms. The Labute approximate surface area is 118 Å². The molecule has 0 saturated heterocycles. The number of ether oxygens (including phenoxy) is 1. The van der Waals surface area contributed by atoms with Gasteiger partial charge in [-0.2, -0.15) is 0 Å². The lowest BCUT2D eigenvalue weighted by Gasteiger charge is -2.19. The van der Waals surface area contributed by atoms with Crippen LogP contribution >= 0.6 is 15.9 Å². The van der Waals surface area contributed by atoms with Crippen LogP contribution < -0.4 is 10.5 Å². The standard InChI is InChI=1S/C15H22BrNO/c1-18-15-9-7-13(16)10-12(15)6-8-14(17)11-4-2-3-5-11/h7,9-11,14H,2-6,8,17H2,1H3. The van der Waals surface area contributed by atoms with E-state index in [2.05, 4.69) is 22.0 Å². The highest BCUT2D eigenvalue weighted by atomic mass is 79.9. The molecule has 2 N–H and O–H groups in total. The fourth-order valence-corrected chi connectivity index (χ4v) is 3.29. The monoisotopic (exact) mass is 311 g/mol. The average Bonchev–Trinajstić information content (AvgIpc) is 2.90. The lowest BCUT2D eigenvalue weighted by Crippen LogP contribution is -2.28. The van der Waals surface area contributed by atoms with E-state index >= 15 is 0 Å². The molecule has 100 valence electrons. The molecule has 1 saturated carbocycles. The first kappa shape index (κ1) is 13.9. The zero-order valence-corrected chi connectivity index (χ0v) is 12.6. The molecule has 1 aliphatic rings. The van der Waals surface area contributed by atoms with Crippen molar-refractivity contribution >= 4 is 15.9 Å². The molecule has 0 heterocycles. The molecule has 1 aliphatic carbocycles. The normalized spacial score (nSPS) is 17.9. The van der Waals surface area contributed by atoms with Crippen LogP contribution in [0.15, 0.2) is 22.7 Å². The summed E-state index contributed by atoms with van der Waals surface area (Å²) in [4.78, 5) is 0. The predicted molar refractivity (Wildman–Crippen MR) is 78.9 cm³/mol. The van der Waals surface area contributed by atoms with Crippen molar-refractivity contribution in [2.24, 2.45) is 11.7 Å². The maximum absolute atomic E-state index is 6.30. The number of halogens is 1. The quantitative estimate of drug-likeness (QED) is 0.895. The molecule has 0 amide bonds. The number of nitrogens with two attached hydrogens (primary N) is 1. The van der Waals surface area contributed by atoms with Crippen LogP contribution in [-0.4, -0.2) is 13.2 Å². The first-order chi connectivity index (χ1) is 8.70. The van der Waals surface area contributed by atoms with Crippen molar-refractivity contribution in [3.63, 3.8) is 0 Å². The summed E-state index contributed by atoms with van der Waals surface area (Å²) in [6, 6.07) is 6.51. The molecule has 0 spiro atoms. The summed E-state index contributed by atoms with van der Waals surface area (Å²) in [5.41, 5.74) is 7.55. The van der Waals surface area contributed by atoms with Crippen LogP contribution in [0.2, 0.25) is 0 Å². The van der Waals surface area contributed by atoms with Gasteiger partial charge >= 0.3 is 0 Å². The average molecular weight is 312 g/mol. The third kappa shape index (κ3) is 3.48. The zero-order chi connectivity index (χ0) is 13.0. The van der Waals surface area contributed by atoms with Crippen LogP contribution in [0.25, 0.3) is 0 Å². The number of rotatable bonds is 5. The van der Waals surface area contributed by atoms with E-state index in [0.717, 1.165) is 29.0 Å². The van der Waals surface area contributed by atoms with Gasteiger partial charge in [-0.25, -0.2) is 0 Å². The first-order valence-corrected chi connectivity index (χ1v) is 7.58. The molecule has 1 fully saturated rings. The first-order valence-electron chi connectivity index (χ1n) is 6.78. The van der Waals surface area contributed by atoms with Crippen LogP contribution in [0.3, 0.4) is 0 Å². The second-order valence-electron chi connectivity index (χ2n) is 5.20. The lowest BCUT2D eigenvalue weighted by atomic mass is 9.93. The number of hydrogen-bond donors (Lipinski definition) is 1. The Morgan fingerprint density at radius 3 is 2.78 bits per heavy atom. The fraction of sp³-hybridized carbons (Fsp3) is 0.600. The van der Waals surface area contributed by atoms with Crippen molar-refractivity contribution in [1.29, 1.82) is 0 Å². The smallest absolute Gasteiger partial charge is 0.122 e. The topological polar surface area (TPSA) is 35.2 Å². The number of hydrogen-bond acceptors (Lipinski definition) is 2. The SMILES string of the molecule is COc1ccc(Br)cc1CCC(N)C1CCCC1. The molecular formula is C15H22BrNO. The van der Waals surface area contributed by atoms with Crippen LogP contribution in [0.4, 0.5) is 0 Å². The Balaban J connectivity index is 1.94. The maximum Gasteiger partial charge on any atom is 0.122 e. The molecule has 1 atom stereocenters. The van der Waals surface area contributed by atoms with Crippen LogP contribution in [0.5, 0.6) is 5.75 Å². The number of methoxy groups -OCH3 is 1. The van der Waals surface area contributed by atoms with E-state index in [1.165, 1.54) is 31.2 Å². The van der Waals surface area contributed by atoms with E-state index in [1.54, 1.807) is 7.11 Å². The van der Waals surface area contributed by atoms with Gasteiger partial charge in [0.2, 0.25) is 0 Å². The van der Waals surface area contributed by atoms with Gasteiger partial charge < -0.3 is 10.5 Å². The van der Waals surface area contributed by atoms with E-state index < -0.39 is 0 Å².